The zero-order valence-electron chi connectivity index (χ0n) is 10.4. The molecular formula is C12H13N3O3. The molecule has 0 amide bonds. The highest BCUT2D eigenvalue weighted by Gasteiger charge is 2.12. The molecule has 0 atom stereocenters. The minimum atomic E-state index is -0.408. The van der Waals surface area contributed by atoms with E-state index in [-0.39, 0.29) is 0 Å². The molecule has 0 spiro atoms. The van der Waals surface area contributed by atoms with Crippen LogP contribution in [0.3, 0.4) is 0 Å². The zero-order chi connectivity index (χ0) is 13.1. The van der Waals surface area contributed by atoms with Crippen molar-refractivity contribution in [2.75, 3.05) is 14.2 Å². The topological polar surface area (TPSA) is 66.2 Å². The molecule has 1 heterocycles. The third kappa shape index (κ3) is 2.17. The summed E-state index contributed by atoms with van der Waals surface area (Å²) < 4.78 is 11.5. The summed E-state index contributed by atoms with van der Waals surface area (Å²) in [4.78, 5) is 11.4. The van der Waals surface area contributed by atoms with Crippen molar-refractivity contribution in [3.63, 3.8) is 0 Å². The standard InChI is InChI=1S/C12H13N3O3/c1-8-7-15(14-13-8)10-5-4-9(12(16)18-3)6-11(10)17-2/h4-7H,1-3H3. The molecule has 94 valence electrons. The molecule has 6 heteroatoms. The van der Waals surface area contributed by atoms with Gasteiger partial charge in [-0.25, -0.2) is 9.48 Å². The number of esters is 1. The van der Waals surface area contributed by atoms with Crippen LogP contribution in [-0.4, -0.2) is 35.2 Å². The minimum Gasteiger partial charge on any atom is -0.494 e. The van der Waals surface area contributed by atoms with E-state index in [9.17, 15) is 4.79 Å². The summed E-state index contributed by atoms with van der Waals surface area (Å²) in [6.45, 7) is 1.85. The van der Waals surface area contributed by atoms with Gasteiger partial charge in [-0.3, -0.25) is 0 Å². The number of carbonyl (C=O) groups is 1. The van der Waals surface area contributed by atoms with Crippen LogP contribution in [0.5, 0.6) is 5.75 Å². The Labute approximate surface area is 104 Å². The van der Waals surface area contributed by atoms with E-state index in [0.717, 1.165) is 5.69 Å². The van der Waals surface area contributed by atoms with Crippen LogP contribution in [0.2, 0.25) is 0 Å². The van der Waals surface area contributed by atoms with Crippen molar-refractivity contribution in [1.29, 1.82) is 0 Å². The Balaban J connectivity index is 2.46. The van der Waals surface area contributed by atoms with Crippen molar-refractivity contribution in [2.24, 2.45) is 0 Å². The summed E-state index contributed by atoms with van der Waals surface area (Å²) in [5.41, 5.74) is 1.94. The fraction of sp³-hybridized carbons (Fsp3) is 0.250. The van der Waals surface area contributed by atoms with E-state index < -0.39 is 5.97 Å². The zero-order valence-corrected chi connectivity index (χ0v) is 10.4. The predicted octanol–water partition coefficient (Wildman–Crippen LogP) is 1.37. The lowest BCUT2D eigenvalue weighted by Crippen LogP contribution is -2.04. The van der Waals surface area contributed by atoms with Gasteiger partial charge >= 0.3 is 5.97 Å². The molecule has 0 bridgehead atoms. The first kappa shape index (κ1) is 12.1. The van der Waals surface area contributed by atoms with Gasteiger partial charge in [-0.05, 0) is 25.1 Å². The maximum absolute atomic E-state index is 11.4. The Kier molecular flexibility index (Phi) is 3.27. The summed E-state index contributed by atoms with van der Waals surface area (Å²) >= 11 is 0. The third-order valence-corrected chi connectivity index (χ3v) is 2.46. The van der Waals surface area contributed by atoms with Crippen molar-refractivity contribution in [3.8, 4) is 11.4 Å². The van der Waals surface area contributed by atoms with Crippen LogP contribution in [0, 0.1) is 6.92 Å². The van der Waals surface area contributed by atoms with E-state index in [1.165, 1.54) is 14.2 Å². The van der Waals surface area contributed by atoms with Crippen molar-refractivity contribution < 1.29 is 14.3 Å². The van der Waals surface area contributed by atoms with Crippen LogP contribution >= 0.6 is 0 Å². The van der Waals surface area contributed by atoms with E-state index >= 15 is 0 Å². The van der Waals surface area contributed by atoms with Crippen molar-refractivity contribution in [1.82, 2.24) is 15.0 Å². The van der Waals surface area contributed by atoms with Gasteiger partial charge in [-0.15, -0.1) is 5.10 Å². The summed E-state index contributed by atoms with van der Waals surface area (Å²) in [5.74, 6) is 0.123. The predicted molar refractivity (Wildman–Crippen MR) is 64.0 cm³/mol. The molecule has 6 nitrogen and oxygen atoms in total. The molecule has 2 aromatic rings. The first-order chi connectivity index (χ1) is 8.65. The number of hydrogen-bond acceptors (Lipinski definition) is 5. The van der Waals surface area contributed by atoms with Gasteiger partial charge in [0, 0.05) is 0 Å². The highest BCUT2D eigenvalue weighted by Crippen LogP contribution is 2.24. The van der Waals surface area contributed by atoms with Crippen LogP contribution in [0.25, 0.3) is 5.69 Å². The lowest BCUT2D eigenvalue weighted by atomic mass is 10.2. The van der Waals surface area contributed by atoms with Crippen LogP contribution < -0.4 is 4.74 Å². The highest BCUT2D eigenvalue weighted by atomic mass is 16.5. The molecule has 2 rings (SSSR count). The van der Waals surface area contributed by atoms with E-state index in [2.05, 4.69) is 15.0 Å². The number of benzene rings is 1. The highest BCUT2D eigenvalue weighted by molar-refractivity contribution is 5.90. The summed E-state index contributed by atoms with van der Waals surface area (Å²) in [6, 6.07) is 5.00. The van der Waals surface area contributed by atoms with Crippen molar-refractivity contribution in [2.45, 2.75) is 6.92 Å². The molecule has 0 fully saturated rings. The Morgan fingerprint density at radius 1 is 1.33 bits per heavy atom. The summed E-state index contributed by atoms with van der Waals surface area (Å²) in [5, 5.41) is 7.87. The molecule has 0 saturated carbocycles. The van der Waals surface area contributed by atoms with Gasteiger partial charge in [-0.2, -0.15) is 0 Å². The molecule has 0 radical (unpaired) electrons. The van der Waals surface area contributed by atoms with E-state index in [1.807, 2.05) is 6.92 Å². The van der Waals surface area contributed by atoms with Crippen LogP contribution in [0.1, 0.15) is 16.1 Å². The normalized spacial score (nSPS) is 10.2. The SMILES string of the molecule is COC(=O)c1ccc(-n2cc(C)nn2)c(OC)c1. The van der Waals surface area contributed by atoms with Gasteiger partial charge in [0.25, 0.3) is 0 Å². The second kappa shape index (κ2) is 4.87. The first-order valence-corrected chi connectivity index (χ1v) is 5.31. The average molecular weight is 247 g/mol. The number of rotatable bonds is 3. The summed E-state index contributed by atoms with van der Waals surface area (Å²) in [6.07, 6.45) is 1.77. The number of aromatic nitrogens is 3. The monoisotopic (exact) mass is 247 g/mol. The van der Waals surface area contributed by atoms with Gasteiger partial charge in [0.1, 0.15) is 11.4 Å². The Morgan fingerprint density at radius 3 is 2.67 bits per heavy atom. The number of aryl methyl sites for hydroxylation is 1. The Morgan fingerprint density at radius 2 is 2.11 bits per heavy atom. The molecular weight excluding hydrogens is 234 g/mol. The maximum Gasteiger partial charge on any atom is 0.337 e. The smallest absolute Gasteiger partial charge is 0.337 e. The second-order valence-electron chi connectivity index (χ2n) is 3.68. The molecule has 0 N–H and O–H groups in total. The average Bonchev–Trinajstić information content (AvgIpc) is 2.83. The number of hydrogen-bond donors (Lipinski definition) is 0. The minimum absolute atomic E-state index is 0.408. The molecule has 1 aromatic carbocycles. The number of carbonyl (C=O) groups excluding carboxylic acids is 1. The lowest BCUT2D eigenvalue weighted by molar-refractivity contribution is 0.0600. The number of methoxy groups -OCH3 is 2. The Bertz CT molecular complexity index is 578. The number of nitrogens with zero attached hydrogens (tertiary/aromatic N) is 3. The molecule has 1 aromatic heterocycles. The fourth-order valence-corrected chi connectivity index (χ4v) is 1.58. The lowest BCUT2D eigenvalue weighted by Gasteiger charge is -2.09. The van der Waals surface area contributed by atoms with Crippen LogP contribution in [-0.2, 0) is 4.74 Å². The van der Waals surface area contributed by atoms with Gasteiger partial charge in [0.2, 0.25) is 0 Å². The molecule has 0 aliphatic carbocycles. The largest absolute Gasteiger partial charge is 0.494 e. The molecule has 0 unspecified atom stereocenters. The fourth-order valence-electron chi connectivity index (χ4n) is 1.58. The summed E-state index contributed by atoms with van der Waals surface area (Å²) in [7, 11) is 2.87. The molecule has 0 aliphatic rings. The first-order valence-electron chi connectivity index (χ1n) is 5.31. The molecule has 0 aliphatic heterocycles. The van der Waals surface area contributed by atoms with Crippen LogP contribution in [0.15, 0.2) is 24.4 Å². The van der Waals surface area contributed by atoms with E-state index in [0.29, 0.717) is 17.0 Å². The molecule has 0 saturated heterocycles. The van der Waals surface area contributed by atoms with E-state index in [1.54, 1.807) is 29.1 Å². The van der Waals surface area contributed by atoms with Crippen LogP contribution in [0.4, 0.5) is 0 Å². The van der Waals surface area contributed by atoms with Gasteiger partial charge in [0.15, 0.2) is 0 Å². The van der Waals surface area contributed by atoms with Gasteiger partial charge < -0.3 is 9.47 Å². The van der Waals surface area contributed by atoms with Gasteiger partial charge in [0.05, 0.1) is 31.7 Å². The number of ether oxygens (including phenoxy) is 2. The van der Waals surface area contributed by atoms with Crippen molar-refractivity contribution in [3.05, 3.63) is 35.7 Å². The maximum atomic E-state index is 11.4. The van der Waals surface area contributed by atoms with Gasteiger partial charge in [-0.1, -0.05) is 5.21 Å². The van der Waals surface area contributed by atoms with E-state index in [4.69, 9.17) is 4.74 Å². The second-order valence-corrected chi connectivity index (χ2v) is 3.68. The third-order valence-electron chi connectivity index (χ3n) is 2.46. The van der Waals surface area contributed by atoms with Crippen molar-refractivity contribution >= 4 is 5.97 Å². The quantitative estimate of drug-likeness (QED) is 0.766. The Hall–Kier alpha value is -2.37. The molecule has 18 heavy (non-hydrogen) atoms.